The first-order valence-electron chi connectivity index (χ1n) is 4.67. The third kappa shape index (κ3) is 2.22. The standard InChI is InChI=1S/C10H18N2/c1-10(2,8-11)7-9-5-4-6-12(9)3/h9H,4-7H2,1-3H3. The Hall–Kier alpha value is -0.550. The van der Waals surface area contributed by atoms with E-state index in [1.54, 1.807) is 0 Å². The minimum atomic E-state index is -0.150. The average molecular weight is 166 g/mol. The zero-order chi connectivity index (χ0) is 9.19. The zero-order valence-corrected chi connectivity index (χ0v) is 8.30. The molecule has 12 heavy (non-hydrogen) atoms. The molecule has 1 aliphatic rings. The van der Waals surface area contributed by atoms with Crippen LogP contribution in [0.5, 0.6) is 0 Å². The zero-order valence-electron chi connectivity index (χ0n) is 8.30. The van der Waals surface area contributed by atoms with Crippen LogP contribution in [0, 0.1) is 16.7 Å². The van der Waals surface area contributed by atoms with Crippen LogP contribution >= 0.6 is 0 Å². The maximum Gasteiger partial charge on any atom is 0.0684 e. The molecular weight excluding hydrogens is 148 g/mol. The van der Waals surface area contributed by atoms with E-state index in [1.807, 2.05) is 13.8 Å². The van der Waals surface area contributed by atoms with Crippen LogP contribution in [0.2, 0.25) is 0 Å². The number of likely N-dealkylation sites (tertiary alicyclic amines) is 1. The van der Waals surface area contributed by atoms with Gasteiger partial charge < -0.3 is 4.90 Å². The number of nitrogens with zero attached hydrogens (tertiary/aromatic N) is 2. The van der Waals surface area contributed by atoms with Gasteiger partial charge in [-0.05, 0) is 46.7 Å². The highest BCUT2D eigenvalue weighted by Crippen LogP contribution is 2.28. The minimum Gasteiger partial charge on any atom is -0.303 e. The smallest absolute Gasteiger partial charge is 0.0684 e. The van der Waals surface area contributed by atoms with Gasteiger partial charge in [0.15, 0.2) is 0 Å². The van der Waals surface area contributed by atoms with Gasteiger partial charge in [-0.1, -0.05) is 0 Å². The van der Waals surface area contributed by atoms with E-state index < -0.39 is 0 Å². The van der Waals surface area contributed by atoms with Crippen molar-refractivity contribution in [3.05, 3.63) is 0 Å². The summed E-state index contributed by atoms with van der Waals surface area (Å²) in [6.07, 6.45) is 3.57. The highest BCUT2D eigenvalue weighted by molar-refractivity contribution is 4.95. The van der Waals surface area contributed by atoms with E-state index in [0.717, 1.165) is 6.42 Å². The molecule has 1 heterocycles. The Morgan fingerprint density at radius 3 is 2.67 bits per heavy atom. The van der Waals surface area contributed by atoms with E-state index in [9.17, 15) is 0 Å². The van der Waals surface area contributed by atoms with E-state index in [0.29, 0.717) is 6.04 Å². The summed E-state index contributed by atoms with van der Waals surface area (Å²) in [4.78, 5) is 2.37. The highest BCUT2D eigenvalue weighted by atomic mass is 15.1. The normalized spacial score (nSPS) is 25.7. The molecule has 1 fully saturated rings. The Bertz CT molecular complexity index is 191. The molecule has 1 saturated heterocycles. The summed E-state index contributed by atoms with van der Waals surface area (Å²) in [6, 6.07) is 3.00. The lowest BCUT2D eigenvalue weighted by molar-refractivity contribution is 0.245. The second kappa shape index (κ2) is 3.45. The first kappa shape index (κ1) is 9.54. The van der Waals surface area contributed by atoms with Crippen LogP contribution < -0.4 is 0 Å². The molecule has 1 rings (SSSR count). The number of nitriles is 1. The van der Waals surface area contributed by atoms with Crippen LogP contribution in [0.4, 0.5) is 0 Å². The molecule has 0 spiro atoms. The molecule has 2 heteroatoms. The summed E-state index contributed by atoms with van der Waals surface area (Å²) in [5.41, 5.74) is -0.150. The lowest BCUT2D eigenvalue weighted by atomic mass is 9.87. The Balaban J connectivity index is 2.46. The molecule has 0 amide bonds. The van der Waals surface area contributed by atoms with Crippen molar-refractivity contribution in [3.63, 3.8) is 0 Å². The summed E-state index contributed by atoms with van der Waals surface area (Å²) < 4.78 is 0. The second-order valence-electron chi connectivity index (χ2n) is 4.48. The second-order valence-corrected chi connectivity index (χ2v) is 4.48. The molecule has 0 N–H and O–H groups in total. The van der Waals surface area contributed by atoms with Gasteiger partial charge in [-0.25, -0.2) is 0 Å². The quantitative estimate of drug-likeness (QED) is 0.627. The fraction of sp³-hybridized carbons (Fsp3) is 0.900. The Kier molecular flexibility index (Phi) is 2.74. The molecular formula is C10H18N2. The molecule has 0 aromatic carbocycles. The van der Waals surface area contributed by atoms with Gasteiger partial charge in [0, 0.05) is 6.04 Å². The van der Waals surface area contributed by atoms with Gasteiger partial charge in [-0.3, -0.25) is 0 Å². The first-order valence-corrected chi connectivity index (χ1v) is 4.67. The van der Waals surface area contributed by atoms with E-state index in [4.69, 9.17) is 5.26 Å². The maximum absolute atomic E-state index is 8.87. The first-order chi connectivity index (χ1) is 5.55. The third-order valence-electron chi connectivity index (χ3n) is 2.72. The van der Waals surface area contributed by atoms with E-state index in [1.165, 1.54) is 19.4 Å². The fourth-order valence-corrected chi connectivity index (χ4v) is 1.87. The topological polar surface area (TPSA) is 27.0 Å². The molecule has 1 aliphatic heterocycles. The van der Waals surface area contributed by atoms with Crippen molar-refractivity contribution in [3.8, 4) is 6.07 Å². The summed E-state index contributed by atoms with van der Waals surface area (Å²) in [5.74, 6) is 0. The lowest BCUT2D eigenvalue weighted by Gasteiger charge is -2.25. The molecule has 1 atom stereocenters. The van der Waals surface area contributed by atoms with Crippen molar-refractivity contribution >= 4 is 0 Å². The van der Waals surface area contributed by atoms with Gasteiger partial charge in [-0.2, -0.15) is 5.26 Å². The molecule has 1 unspecified atom stereocenters. The van der Waals surface area contributed by atoms with Crippen LogP contribution in [-0.2, 0) is 0 Å². The van der Waals surface area contributed by atoms with Crippen LogP contribution in [0.1, 0.15) is 33.1 Å². The van der Waals surface area contributed by atoms with E-state index in [2.05, 4.69) is 18.0 Å². The van der Waals surface area contributed by atoms with E-state index in [-0.39, 0.29) is 5.41 Å². The number of hydrogen-bond donors (Lipinski definition) is 0. The molecule has 0 radical (unpaired) electrons. The largest absolute Gasteiger partial charge is 0.303 e. The maximum atomic E-state index is 8.87. The van der Waals surface area contributed by atoms with E-state index >= 15 is 0 Å². The predicted molar refractivity (Wildman–Crippen MR) is 49.7 cm³/mol. The van der Waals surface area contributed by atoms with Gasteiger partial charge in [-0.15, -0.1) is 0 Å². The Morgan fingerprint density at radius 2 is 2.25 bits per heavy atom. The third-order valence-corrected chi connectivity index (χ3v) is 2.72. The average Bonchev–Trinajstić information content (AvgIpc) is 2.36. The molecule has 0 aliphatic carbocycles. The Morgan fingerprint density at radius 1 is 1.58 bits per heavy atom. The predicted octanol–water partition coefficient (Wildman–Crippen LogP) is 2.02. The summed E-state index contributed by atoms with van der Waals surface area (Å²) in [6.45, 7) is 5.25. The van der Waals surface area contributed by atoms with Gasteiger partial charge in [0.25, 0.3) is 0 Å². The van der Waals surface area contributed by atoms with Crippen LogP contribution in [0.15, 0.2) is 0 Å². The fourth-order valence-electron chi connectivity index (χ4n) is 1.87. The molecule has 0 bridgehead atoms. The minimum absolute atomic E-state index is 0.150. The van der Waals surface area contributed by atoms with Crippen molar-refractivity contribution in [2.75, 3.05) is 13.6 Å². The molecule has 2 nitrogen and oxygen atoms in total. The van der Waals surface area contributed by atoms with Crippen molar-refractivity contribution in [1.82, 2.24) is 4.90 Å². The van der Waals surface area contributed by atoms with Crippen molar-refractivity contribution in [2.24, 2.45) is 5.41 Å². The van der Waals surface area contributed by atoms with Gasteiger partial charge >= 0.3 is 0 Å². The number of rotatable bonds is 2. The summed E-state index contributed by atoms with van der Waals surface area (Å²) >= 11 is 0. The summed E-state index contributed by atoms with van der Waals surface area (Å²) in [7, 11) is 2.16. The Labute approximate surface area is 75.2 Å². The van der Waals surface area contributed by atoms with Crippen molar-refractivity contribution in [2.45, 2.75) is 39.2 Å². The van der Waals surface area contributed by atoms with Crippen molar-refractivity contribution < 1.29 is 0 Å². The van der Waals surface area contributed by atoms with Gasteiger partial charge in [0.05, 0.1) is 11.5 Å². The molecule has 0 aromatic heterocycles. The highest BCUT2D eigenvalue weighted by Gasteiger charge is 2.28. The van der Waals surface area contributed by atoms with Gasteiger partial charge in [0.1, 0.15) is 0 Å². The van der Waals surface area contributed by atoms with Crippen LogP contribution in [0.25, 0.3) is 0 Å². The van der Waals surface area contributed by atoms with Gasteiger partial charge in [0.2, 0.25) is 0 Å². The van der Waals surface area contributed by atoms with Crippen molar-refractivity contribution in [1.29, 1.82) is 5.26 Å². The summed E-state index contributed by atoms with van der Waals surface area (Å²) in [5, 5.41) is 8.87. The van der Waals surface area contributed by atoms with Crippen LogP contribution in [-0.4, -0.2) is 24.5 Å². The van der Waals surface area contributed by atoms with Crippen LogP contribution in [0.3, 0.4) is 0 Å². The molecule has 0 saturated carbocycles. The monoisotopic (exact) mass is 166 g/mol. The lowest BCUT2D eigenvalue weighted by Crippen LogP contribution is -2.29. The SMILES string of the molecule is CN1CCCC1CC(C)(C)C#N. The molecule has 68 valence electrons. The number of hydrogen-bond acceptors (Lipinski definition) is 2. The molecule has 0 aromatic rings.